The number of halogens is 2. The zero-order valence-corrected chi connectivity index (χ0v) is 11.5. The van der Waals surface area contributed by atoms with Gasteiger partial charge in [0, 0.05) is 6.54 Å². The van der Waals surface area contributed by atoms with E-state index in [0.717, 1.165) is 31.0 Å². The highest BCUT2D eigenvalue weighted by molar-refractivity contribution is 5.44. The molecule has 0 saturated carbocycles. The summed E-state index contributed by atoms with van der Waals surface area (Å²) in [6.45, 7) is 1.87. The van der Waals surface area contributed by atoms with Crippen LogP contribution in [0.25, 0.3) is 0 Å². The van der Waals surface area contributed by atoms with E-state index in [2.05, 4.69) is 28.5 Å². The Morgan fingerprint density at radius 2 is 1.95 bits per heavy atom. The number of nitrogens with zero attached hydrogens (tertiary/aromatic N) is 1. The van der Waals surface area contributed by atoms with Gasteiger partial charge in [0.25, 0.3) is 0 Å². The van der Waals surface area contributed by atoms with Gasteiger partial charge in [0.15, 0.2) is 11.6 Å². The van der Waals surface area contributed by atoms with E-state index in [0.29, 0.717) is 19.6 Å². The van der Waals surface area contributed by atoms with Crippen LogP contribution in [0.4, 0.5) is 14.5 Å². The van der Waals surface area contributed by atoms with Gasteiger partial charge in [-0.25, -0.2) is 8.78 Å². The number of anilines is 1. The fourth-order valence-corrected chi connectivity index (χ4v) is 2.49. The Morgan fingerprint density at radius 1 is 1.14 bits per heavy atom. The van der Waals surface area contributed by atoms with Crippen molar-refractivity contribution < 1.29 is 13.5 Å². The number of fused-ring (bicyclic) bond motifs is 1. The van der Waals surface area contributed by atoms with Crippen LogP contribution in [0.5, 0.6) is 0 Å². The van der Waals surface area contributed by atoms with E-state index >= 15 is 0 Å². The highest BCUT2D eigenvalue weighted by Gasteiger charge is 2.11. The van der Waals surface area contributed by atoms with E-state index in [1.807, 2.05) is 0 Å². The van der Waals surface area contributed by atoms with Gasteiger partial charge in [-0.3, -0.25) is 4.98 Å². The van der Waals surface area contributed by atoms with Crippen molar-refractivity contribution in [2.75, 3.05) is 18.5 Å². The molecule has 5 heteroatoms. The second-order valence-electron chi connectivity index (χ2n) is 5.06. The molecule has 0 atom stereocenters. The number of ether oxygens (including phenoxy) is 1. The van der Waals surface area contributed by atoms with Crippen LogP contribution in [-0.4, -0.2) is 18.1 Å². The van der Waals surface area contributed by atoms with Gasteiger partial charge in [-0.1, -0.05) is 18.2 Å². The lowest BCUT2D eigenvalue weighted by molar-refractivity contribution is 0.110. The van der Waals surface area contributed by atoms with Crippen molar-refractivity contribution in [1.82, 2.24) is 4.98 Å². The molecule has 1 N–H and O–H groups in total. The molecule has 1 aromatic heterocycles. The lowest BCUT2D eigenvalue weighted by atomic mass is 9.99. The summed E-state index contributed by atoms with van der Waals surface area (Å²) in [5, 5.41) is 2.79. The highest BCUT2D eigenvalue weighted by atomic mass is 19.1. The normalized spacial score (nSPS) is 13.8. The lowest BCUT2D eigenvalue weighted by Crippen LogP contribution is -2.12. The SMILES string of the molecule is Fc1cncc(F)c1NCCc1ccc2c(c1)COCC2. The van der Waals surface area contributed by atoms with Crippen molar-refractivity contribution in [1.29, 1.82) is 0 Å². The molecule has 1 aromatic carbocycles. The van der Waals surface area contributed by atoms with Crippen LogP contribution in [0.2, 0.25) is 0 Å². The average Bonchev–Trinajstić information content (AvgIpc) is 2.50. The van der Waals surface area contributed by atoms with Gasteiger partial charge in [0.2, 0.25) is 0 Å². The number of hydrogen-bond donors (Lipinski definition) is 1. The average molecular weight is 290 g/mol. The molecule has 0 aliphatic carbocycles. The molecule has 21 heavy (non-hydrogen) atoms. The number of pyridine rings is 1. The summed E-state index contributed by atoms with van der Waals surface area (Å²) >= 11 is 0. The first-order chi connectivity index (χ1) is 10.2. The Kier molecular flexibility index (Phi) is 4.10. The lowest BCUT2D eigenvalue weighted by Gasteiger charge is -2.17. The molecule has 1 aliphatic heterocycles. The minimum atomic E-state index is -0.672. The molecular weight excluding hydrogens is 274 g/mol. The van der Waals surface area contributed by atoms with Crippen LogP contribution >= 0.6 is 0 Å². The van der Waals surface area contributed by atoms with Crippen molar-refractivity contribution >= 4 is 5.69 Å². The fourth-order valence-electron chi connectivity index (χ4n) is 2.49. The van der Waals surface area contributed by atoms with E-state index in [4.69, 9.17) is 4.74 Å². The third-order valence-corrected chi connectivity index (χ3v) is 3.61. The number of nitrogens with one attached hydrogen (secondary N) is 1. The van der Waals surface area contributed by atoms with E-state index in [1.165, 1.54) is 11.1 Å². The first-order valence-corrected chi connectivity index (χ1v) is 6.95. The van der Waals surface area contributed by atoms with Crippen molar-refractivity contribution in [2.24, 2.45) is 0 Å². The largest absolute Gasteiger partial charge is 0.380 e. The Hall–Kier alpha value is -2.01. The molecule has 0 bridgehead atoms. The fraction of sp³-hybridized carbons (Fsp3) is 0.312. The van der Waals surface area contributed by atoms with Crippen LogP contribution < -0.4 is 5.32 Å². The maximum Gasteiger partial charge on any atom is 0.167 e. The van der Waals surface area contributed by atoms with Gasteiger partial charge in [0.05, 0.1) is 25.6 Å². The third-order valence-electron chi connectivity index (χ3n) is 3.61. The molecule has 0 spiro atoms. The summed E-state index contributed by atoms with van der Waals surface area (Å²) in [6.07, 6.45) is 3.64. The number of benzene rings is 1. The Labute approximate surface area is 122 Å². The zero-order valence-electron chi connectivity index (χ0n) is 11.5. The van der Waals surface area contributed by atoms with Gasteiger partial charge in [0.1, 0.15) is 5.69 Å². The highest BCUT2D eigenvalue weighted by Crippen LogP contribution is 2.19. The molecule has 0 radical (unpaired) electrons. The predicted molar refractivity (Wildman–Crippen MR) is 76.1 cm³/mol. The summed E-state index contributed by atoms with van der Waals surface area (Å²) in [5.41, 5.74) is 3.54. The molecular formula is C16H16F2N2O. The first kappa shape index (κ1) is 13.9. The summed E-state index contributed by atoms with van der Waals surface area (Å²) < 4.78 is 32.3. The quantitative estimate of drug-likeness (QED) is 0.939. The predicted octanol–water partition coefficient (Wildman–Crippen LogP) is 3.09. The molecule has 1 aliphatic rings. The number of aromatic nitrogens is 1. The van der Waals surface area contributed by atoms with Crippen molar-refractivity contribution in [3.8, 4) is 0 Å². The van der Waals surface area contributed by atoms with Gasteiger partial charge in [-0.05, 0) is 29.5 Å². The minimum Gasteiger partial charge on any atom is -0.380 e. The smallest absolute Gasteiger partial charge is 0.167 e. The Balaban J connectivity index is 1.63. The summed E-state index contributed by atoms with van der Waals surface area (Å²) in [5.74, 6) is -1.34. The second kappa shape index (κ2) is 6.18. The van der Waals surface area contributed by atoms with Crippen molar-refractivity contribution in [3.63, 3.8) is 0 Å². The van der Waals surface area contributed by atoms with Crippen molar-refractivity contribution in [2.45, 2.75) is 19.4 Å². The van der Waals surface area contributed by atoms with Crippen LogP contribution in [0, 0.1) is 11.6 Å². The molecule has 0 fully saturated rings. The van der Waals surface area contributed by atoms with Gasteiger partial charge < -0.3 is 10.1 Å². The van der Waals surface area contributed by atoms with Crippen molar-refractivity contribution in [3.05, 3.63) is 58.9 Å². The maximum absolute atomic E-state index is 13.4. The topological polar surface area (TPSA) is 34.2 Å². The molecule has 0 saturated heterocycles. The van der Waals surface area contributed by atoms with E-state index in [9.17, 15) is 8.78 Å². The second-order valence-corrected chi connectivity index (χ2v) is 5.06. The van der Waals surface area contributed by atoms with Gasteiger partial charge >= 0.3 is 0 Å². The van der Waals surface area contributed by atoms with E-state index in [-0.39, 0.29) is 5.69 Å². The van der Waals surface area contributed by atoms with Gasteiger partial charge in [-0.15, -0.1) is 0 Å². The van der Waals surface area contributed by atoms with Crippen LogP contribution in [-0.2, 0) is 24.2 Å². The molecule has 2 heterocycles. The monoisotopic (exact) mass is 290 g/mol. The maximum atomic E-state index is 13.4. The van der Waals surface area contributed by atoms with Crippen LogP contribution in [0.15, 0.2) is 30.6 Å². The van der Waals surface area contributed by atoms with Crippen LogP contribution in [0.3, 0.4) is 0 Å². The van der Waals surface area contributed by atoms with Crippen LogP contribution in [0.1, 0.15) is 16.7 Å². The number of rotatable bonds is 4. The molecule has 110 valence electrons. The summed E-state index contributed by atoms with van der Waals surface area (Å²) in [4.78, 5) is 3.46. The molecule has 3 rings (SSSR count). The third kappa shape index (κ3) is 3.19. The zero-order chi connectivity index (χ0) is 14.7. The molecule has 0 amide bonds. The minimum absolute atomic E-state index is 0.119. The molecule has 3 nitrogen and oxygen atoms in total. The Bertz CT molecular complexity index is 626. The number of hydrogen-bond acceptors (Lipinski definition) is 3. The molecule has 0 unspecified atom stereocenters. The Morgan fingerprint density at radius 3 is 2.76 bits per heavy atom. The van der Waals surface area contributed by atoms with E-state index in [1.54, 1.807) is 0 Å². The van der Waals surface area contributed by atoms with E-state index < -0.39 is 11.6 Å². The molecule has 2 aromatic rings. The summed E-state index contributed by atoms with van der Waals surface area (Å²) in [6, 6.07) is 6.28. The van der Waals surface area contributed by atoms with Gasteiger partial charge in [-0.2, -0.15) is 0 Å². The standard InChI is InChI=1S/C16H16F2N2O/c17-14-8-19-9-15(18)16(14)20-5-3-11-1-2-12-4-6-21-10-13(12)7-11/h1-2,7-9H,3-6,10H2,(H,19,20). The first-order valence-electron chi connectivity index (χ1n) is 6.95. The summed E-state index contributed by atoms with van der Waals surface area (Å²) in [7, 11) is 0.